The normalized spacial score (nSPS) is 54.7. The molecule has 9 nitrogen and oxygen atoms in total. The third-order valence-electron chi connectivity index (χ3n) is 11.1. The average Bonchev–Trinajstić information content (AvgIpc) is 3.50. The van der Waals surface area contributed by atoms with E-state index in [0.29, 0.717) is 12.8 Å². The van der Waals surface area contributed by atoms with Crippen LogP contribution in [0.3, 0.4) is 0 Å². The molecule has 0 radical (unpaired) electrons. The van der Waals surface area contributed by atoms with Crippen LogP contribution >= 0.6 is 0 Å². The van der Waals surface area contributed by atoms with Gasteiger partial charge in [-0.15, -0.1) is 0 Å². The van der Waals surface area contributed by atoms with Gasteiger partial charge in [0.05, 0.1) is 49.1 Å². The quantitative estimate of drug-likeness (QED) is 0.518. The second-order valence-electron chi connectivity index (χ2n) is 13.5. The summed E-state index contributed by atoms with van der Waals surface area (Å²) in [6.07, 6.45) is 5.53. The molecule has 10 bridgehead atoms. The molecule has 9 heterocycles. The van der Waals surface area contributed by atoms with E-state index < -0.39 is 17.9 Å². The molecule has 0 aromatic carbocycles. The van der Waals surface area contributed by atoms with Crippen molar-refractivity contribution in [3.8, 4) is 0 Å². The summed E-state index contributed by atoms with van der Waals surface area (Å²) in [6.45, 7) is 11.1. The van der Waals surface area contributed by atoms with Gasteiger partial charge in [-0.3, -0.25) is 4.79 Å². The van der Waals surface area contributed by atoms with Gasteiger partial charge in [-0.2, -0.15) is 0 Å². The first-order chi connectivity index (χ1) is 19.3. The molecule has 0 aromatic rings. The highest BCUT2D eigenvalue weighted by Crippen LogP contribution is 2.59. The monoisotopic (exact) mass is 558 g/mol. The lowest BCUT2D eigenvalue weighted by atomic mass is 9.70. The Hall–Kier alpha value is -1.33. The van der Waals surface area contributed by atoms with E-state index in [2.05, 4.69) is 20.1 Å². The second-order valence-corrected chi connectivity index (χ2v) is 13.5. The standard InChI is InChI=1S/C31H42O9/c1-4-21-15(3)19-10-16(34-21)5-7-22-14(2)9-18(35-22)11-20(19)31-13-24-27(39-31)28-29(38-24)30(40-31)26-23(37-28)8-6-17(36-26)12-25(32)33/h16-24,26-30H,2-13H2,1H3,(H,32,33)/t16-,17?,18?,19+,20?,21?,22?,23?,24?,26-,27?,28-,29?,30?,31?/m0/s1. The van der Waals surface area contributed by atoms with Crippen LogP contribution in [-0.4, -0.2) is 90.1 Å². The van der Waals surface area contributed by atoms with E-state index in [1.807, 2.05) is 0 Å². The van der Waals surface area contributed by atoms with Gasteiger partial charge in [0.1, 0.15) is 30.5 Å². The molecule has 220 valence electrons. The van der Waals surface area contributed by atoms with E-state index >= 15 is 0 Å². The number of carboxylic acids is 1. The Morgan fingerprint density at radius 3 is 2.50 bits per heavy atom. The molecule has 9 heteroatoms. The van der Waals surface area contributed by atoms with Crippen LogP contribution in [0.5, 0.6) is 0 Å². The largest absolute Gasteiger partial charge is 0.481 e. The second kappa shape index (κ2) is 9.59. The van der Waals surface area contributed by atoms with Gasteiger partial charge in [-0.25, -0.2) is 0 Å². The van der Waals surface area contributed by atoms with E-state index in [1.54, 1.807) is 0 Å². The minimum absolute atomic E-state index is 0.00107. The summed E-state index contributed by atoms with van der Waals surface area (Å²) in [7, 11) is 0. The first-order valence-electron chi connectivity index (χ1n) is 15.5. The van der Waals surface area contributed by atoms with Gasteiger partial charge in [0.25, 0.3) is 0 Å². The molecule has 0 aromatic heterocycles. The number of carbonyl (C=O) groups is 1. The molecule has 40 heavy (non-hydrogen) atoms. The molecule has 9 fully saturated rings. The molecule has 9 aliphatic heterocycles. The Morgan fingerprint density at radius 2 is 1.68 bits per heavy atom. The zero-order chi connectivity index (χ0) is 27.3. The summed E-state index contributed by atoms with van der Waals surface area (Å²) < 4.78 is 47.1. The van der Waals surface area contributed by atoms with Gasteiger partial charge in [0.15, 0.2) is 5.79 Å². The molecule has 15 atom stereocenters. The van der Waals surface area contributed by atoms with Crippen molar-refractivity contribution >= 4 is 5.97 Å². The predicted molar refractivity (Wildman–Crippen MR) is 141 cm³/mol. The number of rotatable bonds is 4. The maximum atomic E-state index is 11.5. The maximum Gasteiger partial charge on any atom is 0.305 e. The lowest BCUT2D eigenvalue weighted by molar-refractivity contribution is -0.312. The number of carboxylic acid groups (broad SMARTS) is 1. The van der Waals surface area contributed by atoms with Gasteiger partial charge >= 0.3 is 5.97 Å². The van der Waals surface area contributed by atoms with Gasteiger partial charge in [0, 0.05) is 12.3 Å². The number of ether oxygens (including phenoxy) is 7. The van der Waals surface area contributed by atoms with Crippen molar-refractivity contribution in [2.45, 2.75) is 150 Å². The summed E-state index contributed by atoms with van der Waals surface area (Å²) in [6, 6.07) is 0. The Labute approximate surface area is 235 Å². The number of aliphatic carboxylic acids is 1. The van der Waals surface area contributed by atoms with Gasteiger partial charge < -0.3 is 38.3 Å². The minimum Gasteiger partial charge on any atom is -0.481 e. The van der Waals surface area contributed by atoms with Crippen LogP contribution < -0.4 is 0 Å². The van der Waals surface area contributed by atoms with Crippen LogP contribution in [0.1, 0.15) is 71.1 Å². The van der Waals surface area contributed by atoms with Crippen LogP contribution in [0, 0.1) is 11.8 Å². The van der Waals surface area contributed by atoms with Crippen molar-refractivity contribution in [3.63, 3.8) is 0 Å². The van der Waals surface area contributed by atoms with E-state index in [1.165, 1.54) is 5.57 Å². The van der Waals surface area contributed by atoms with Gasteiger partial charge in [-0.05, 0) is 68.4 Å². The highest BCUT2D eigenvalue weighted by molar-refractivity contribution is 5.67. The Bertz CT molecular complexity index is 1080. The zero-order valence-corrected chi connectivity index (χ0v) is 23.3. The molecule has 1 N–H and O–H groups in total. The summed E-state index contributed by atoms with van der Waals surface area (Å²) in [5.41, 5.74) is 2.31. The van der Waals surface area contributed by atoms with Crippen LogP contribution in [0.15, 0.2) is 24.3 Å². The highest BCUT2D eigenvalue weighted by atomic mass is 16.8. The minimum atomic E-state index is -0.888. The molecule has 0 spiro atoms. The third kappa shape index (κ3) is 4.02. The smallest absolute Gasteiger partial charge is 0.305 e. The maximum absolute atomic E-state index is 11.5. The number of fused-ring (bicyclic) bond motifs is 5. The van der Waals surface area contributed by atoms with Gasteiger partial charge in [0.2, 0.25) is 0 Å². The summed E-state index contributed by atoms with van der Waals surface area (Å²) in [5.74, 6) is -1.58. The Morgan fingerprint density at radius 1 is 0.875 bits per heavy atom. The third-order valence-corrected chi connectivity index (χ3v) is 11.1. The molecule has 0 saturated carbocycles. The molecule has 9 saturated heterocycles. The van der Waals surface area contributed by atoms with Gasteiger partial charge in [-0.1, -0.05) is 20.1 Å². The molecule has 9 rings (SSSR count). The van der Waals surface area contributed by atoms with Crippen molar-refractivity contribution in [3.05, 3.63) is 24.3 Å². The van der Waals surface area contributed by atoms with Crippen molar-refractivity contribution in [1.29, 1.82) is 0 Å². The first kappa shape index (κ1) is 26.3. The molecular formula is C31H42O9. The SMILES string of the molecule is C=C1CC2CC(C34CC5OC6C(O3)[C@H]3OC(CC(=O)O)CCC3O[C@H]6C5O4)[C@@H]3C[C@H](CCC1O2)OC(CC)C3=C. The number of hydrogen-bond donors (Lipinski definition) is 1. The fourth-order valence-electron chi connectivity index (χ4n) is 9.37. The number of hydrogen-bond acceptors (Lipinski definition) is 8. The van der Waals surface area contributed by atoms with Crippen molar-refractivity contribution in [1.82, 2.24) is 0 Å². The van der Waals surface area contributed by atoms with E-state index in [4.69, 9.17) is 33.2 Å². The van der Waals surface area contributed by atoms with Crippen LogP contribution in [0.4, 0.5) is 0 Å². The van der Waals surface area contributed by atoms with E-state index in [-0.39, 0.29) is 85.4 Å². The fourth-order valence-corrected chi connectivity index (χ4v) is 9.37. The van der Waals surface area contributed by atoms with Crippen molar-refractivity contribution in [2.24, 2.45) is 11.8 Å². The van der Waals surface area contributed by atoms with Crippen LogP contribution in [0.2, 0.25) is 0 Å². The van der Waals surface area contributed by atoms with Crippen LogP contribution in [0.25, 0.3) is 0 Å². The summed E-state index contributed by atoms with van der Waals surface area (Å²) in [5, 5.41) is 9.44. The van der Waals surface area contributed by atoms with Crippen molar-refractivity contribution in [2.75, 3.05) is 0 Å². The van der Waals surface area contributed by atoms with E-state index in [9.17, 15) is 9.90 Å². The Balaban J connectivity index is 1.16. The lowest BCUT2D eigenvalue weighted by Crippen LogP contribution is -2.62. The molecule has 9 aliphatic rings. The summed E-state index contributed by atoms with van der Waals surface area (Å²) >= 11 is 0. The predicted octanol–water partition coefficient (Wildman–Crippen LogP) is 3.68. The summed E-state index contributed by atoms with van der Waals surface area (Å²) in [4.78, 5) is 11.5. The molecular weight excluding hydrogens is 516 g/mol. The lowest BCUT2D eigenvalue weighted by Gasteiger charge is -2.50. The first-order valence-corrected chi connectivity index (χ1v) is 15.5. The highest BCUT2D eigenvalue weighted by Gasteiger charge is 2.71. The Kier molecular flexibility index (Phi) is 6.31. The van der Waals surface area contributed by atoms with Crippen molar-refractivity contribution < 1.29 is 43.1 Å². The van der Waals surface area contributed by atoms with E-state index in [0.717, 1.165) is 50.5 Å². The fraction of sp³-hybridized carbons (Fsp3) is 0.839. The topological polar surface area (TPSA) is 102 Å². The average molecular weight is 559 g/mol. The zero-order valence-electron chi connectivity index (χ0n) is 23.3. The molecule has 0 aliphatic carbocycles. The molecule has 0 amide bonds. The molecule has 11 unspecified atom stereocenters. The van der Waals surface area contributed by atoms with Crippen LogP contribution in [-0.2, 0) is 38.0 Å².